The minimum Gasteiger partial charge on any atom is -0.493 e. The van der Waals surface area contributed by atoms with Crippen LogP contribution in [0.3, 0.4) is 0 Å². The Morgan fingerprint density at radius 2 is 1.68 bits per heavy atom. The van der Waals surface area contributed by atoms with Crippen molar-refractivity contribution in [3.8, 4) is 11.5 Å². The van der Waals surface area contributed by atoms with E-state index < -0.39 is 0 Å². The summed E-state index contributed by atoms with van der Waals surface area (Å²) in [5, 5.41) is 3.08. The van der Waals surface area contributed by atoms with Gasteiger partial charge in [0.1, 0.15) is 18.1 Å². The molecular formula is C16H19NO2. The van der Waals surface area contributed by atoms with Gasteiger partial charge < -0.3 is 14.8 Å². The van der Waals surface area contributed by atoms with Crippen LogP contribution in [-0.4, -0.2) is 13.7 Å². The van der Waals surface area contributed by atoms with Crippen LogP contribution in [0.15, 0.2) is 48.5 Å². The van der Waals surface area contributed by atoms with E-state index in [0.717, 1.165) is 22.7 Å². The van der Waals surface area contributed by atoms with Crippen LogP contribution in [0, 0.1) is 0 Å². The van der Waals surface area contributed by atoms with Crippen molar-refractivity contribution in [2.24, 2.45) is 0 Å². The van der Waals surface area contributed by atoms with E-state index in [4.69, 9.17) is 9.47 Å². The highest BCUT2D eigenvalue weighted by Crippen LogP contribution is 2.21. The first-order valence-electron chi connectivity index (χ1n) is 6.44. The molecular weight excluding hydrogens is 238 g/mol. The Hall–Kier alpha value is -2.16. The first-order chi connectivity index (χ1) is 9.33. The average molecular weight is 257 g/mol. The number of benzene rings is 2. The zero-order chi connectivity index (χ0) is 13.5. The molecule has 2 aromatic carbocycles. The quantitative estimate of drug-likeness (QED) is 0.855. The highest BCUT2D eigenvalue weighted by molar-refractivity contribution is 5.45. The molecule has 0 saturated carbocycles. The van der Waals surface area contributed by atoms with Gasteiger partial charge in [-0.3, -0.25) is 0 Å². The van der Waals surface area contributed by atoms with E-state index in [1.54, 1.807) is 0 Å². The van der Waals surface area contributed by atoms with Crippen LogP contribution in [-0.2, 0) is 6.61 Å². The largest absolute Gasteiger partial charge is 0.493 e. The third-order valence-corrected chi connectivity index (χ3v) is 2.81. The summed E-state index contributed by atoms with van der Waals surface area (Å²) in [7, 11) is 1.90. The lowest BCUT2D eigenvalue weighted by Crippen LogP contribution is -2.00. The summed E-state index contributed by atoms with van der Waals surface area (Å²) in [6.07, 6.45) is 0. The summed E-state index contributed by atoms with van der Waals surface area (Å²) in [5.41, 5.74) is 2.13. The Kier molecular flexibility index (Phi) is 4.67. The molecule has 0 aliphatic heterocycles. The molecule has 1 N–H and O–H groups in total. The van der Waals surface area contributed by atoms with Gasteiger partial charge in [0.25, 0.3) is 0 Å². The Morgan fingerprint density at radius 3 is 2.37 bits per heavy atom. The van der Waals surface area contributed by atoms with Crippen molar-refractivity contribution in [3.63, 3.8) is 0 Å². The fourth-order valence-corrected chi connectivity index (χ4v) is 1.80. The summed E-state index contributed by atoms with van der Waals surface area (Å²) < 4.78 is 11.3. The van der Waals surface area contributed by atoms with E-state index in [0.29, 0.717) is 13.2 Å². The van der Waals surface area contributed by atoms with Crippen molar-refractivity contribution < 1.29 is 9.47 Å². The lowest BCUT2D eigenvalue weighted by molar-refractivity contribution is 0.286. The Balaban J connectivity index is 2.01. The van der Waals surface area contributed by atoms with Crippen molar-refractivity contribution in [2.45, 2.75) is 13.5 Å². The third-order valence-electron chi connectivity index (χ3n) is 2.81. The van der Waals surface area contributed by atoms with Gasteiger partial charge in [-0.15, -0.1) is 0 Å². The number of nitrogens with one attached hydrogen (secondary N) is 1. The molecule has 2 aromatic rings. The fourth-order valence-electron chi connectivity index (χ4n) is 1.80. The van der Waals surface area contributed by atoms with Crippen molar-refractivity contribution in [2.75, 3.05) is 19.0 Å². The van der Waals surface area contributed by atoms with E-state index in [1.165, 1.54) is 0 Å². The zero-order valence-electron chi connectivity index (χ0n) is 11.3. The number of hydrogen-bond donors (Lipinski definition) is 1. The molecule has 100 valence electrons. The maximum atomic E-state index is 5.77. The number of para-hydroxylation sites is 1. The normalized spacial score (nSPS) is 10.0. The molecule has 19 heavy (non-hydrogen) atoms. The summed E-state index contributed by atoms with van der Waals surface area (Å²) in [4.78, 5) is 0. The van der Waals surface area contributed by atoms with Gasteiger partial charge in [0.05, 0.1) is 6.61 Å². The van der Waals surface area contributed by atoms with Crippen molar-refractivity contribution in [1.82, 2.24) is 0 Å². The highest BCUT2D eigenvalue weighted by Gasteiger charge is 2.03. The number of hydrogen-bond acceptors (Lipinski definition) is 3. The standard InChI is InChI=1S/C16H19NO2/c1-3-18-16-7-5-4-6-13(16)12-19-15-10-8-14(17-2)9-11-15/h4-11,17H,3,12H2,1-2H3. The second-order valence-electron chi connectivity index (χ2n) is 4.10. The fraction of sp³-hybridized carbons (Fsp3) is 0.250. The van der Waals surface area contributed by atoms with Gasteiger partial charge in [0, 0.05) is 18.3 Å². The van der Waals surface area contributed by atoms with E-state index in [2.05, 4.69) is 5.32 Å². The molecule has 3 heteroatoms. The molecule has 3 nitrogen and oxygen atoms in total. The van der Waals surface area contributed by atoms with Gasteiger partial charge in [-0.1, -0.05) is 18.2 Å². The summed E-state index contributed by atoms with van der Waals surface area (Å²) in [5.74, 6) is 1.74. The molecule has 0 bridgehead atoms. The van der Waals surface area contributed by atoms with Gasteiger partial charge >= 0.3 is 0 Å². The van der Waals surface area contributed by atoms with Gasteiger partial charge in [0.2, 0.25) is 0 Å². The van der Waals surface area contributed by atoms with E-state index >= 15 is 0 Å². The molecule has 2 rings (SSSR count). The van der Waals surface area contributed by atoms with Crippen LogP contribution in [0.4, 0.5) is 5.69 Å². The van der Waals surface area contributed by atoms with Crippen LogP contribution in [0.25, 0.3) is 0 Å². The smallest absolute Gasteiger partial charge is 0.125 e. The monoisotopic (exact) mass is 257 g/mol. The van der Waals surface area contributed by atoms with E-state index in [9.17, 15) is 0 Å². The number of ether oxygens (including phenoxy) is 2. The number of anilines is 1. The molecule has 0 fully saturated rings. The molecule has 0 radical (unpaired) electrons. The zero-order valence-corrected chi connectivity index (χ0v) is 11.3. The van der Waals surface area contributed by atoms with Crippen LogP contribution >= 0.6 is 0 Å². The van der Waals surface area contributed by atoms with Crippen LogP contribution in [0.1, 0.15) is 12.5 Å². The van der Waals surface area contributed by atoms with Gasteiger partial charge in [-0.25, -0.2) is 0 Å². The van der Waals surface area contributed by atoms with Gasteiger partial charge in [-0.05, 0) is 37.3 Å². The molecule has 0 aliphatic carbocycles. The molecule has 0 spiro atoms. The maximum absolute atomic E-state index is 5.77. The van der Waals surface area contributed by atoms with Crippen molar-refractivity contribution >= 4 is 5.69 Å². The Labute approximate surface area is 114 Å². The molecule has 0 aromatic heterocycles. The lowest BCUT2D eigenvalue weighted by Gasteiger charge is -2.11. The van der Waals surface area contributed by atoms with Gasteiger partial charge in [-0.2, -0.15) is 0 Å². The third kappa shape index (κ3) is 3.65. The first-order valence-corrected chi connectivity index (χ1v) is 6.44. The topological polar surface area (TPSA) is 30.5 Å². The maximum Gasteiger partial charge on any atom is 0.125 e. The van der Waals surface area contributed by atoms with Gasteiger partial charge in [0.15, 0.2) is 0 Å². The molecule has 0 amide bonds. The van der Waals surface area contributed by atoms with E-state index in [1.807, 2.05) is 62.5 Å². The Morgan fingerprint density at radius 1 is 0.947 bits per heavy atom. The summed E-state index contributed by atoms with van der Waals surface area (Å²) in [6, 6.07) is 15.8. The minimum absolute atomic E-state index is 0.509. The van der Waals surface area contributed by atoms with E-state index in [-0.39, 0.29) is 0 Å². The van der Waals surface area contributed by atoms with Crippen LogP contribution in [0.2, 0.25) is 0 Å². The highest BCUT2D eigenvalue weighted by atomic mass is 16.5. The molecule has 0 heterocycles. The van der Waals surface area contributed by atoms with Crippen molar-refractivity contribution in [3.05, 3.63) is 54.1 Å². The summed E-state index contributed by atoms with van der Waals surface area (Å²) >= 11 is 0. The number of rotatable bonds is 6. The molecule has 0 atom stereocenters. The predicted octanol–water partition coefficient (Wildman–Crippen LogP) is 3.71. The molecule has 0 unspecified atom stereocenters. The second kappa shape index (κ2) is 6.69. The molecule has 0 aliphatic rings. The average Bonchev–Trinajstić information content (AvgIpc) is 2.47. The molecule has 0 saturated heterocycles. The SMILES string of the molecule is CCOc1ccccc1COc1ccc(NC)cc1. The minimum atomic E-state index is 0.509. The predicted molar refractivity (Wildman–Crippen MR) is 77.9 cm³/mol. The van der Waals surface area contributed by atoms with Crippen LogP contribution < -0.4 is 14.8 Å². The second-order valence-corrected chi connectivity index (χ2v) is 4.10. The lowest BCUT2D eigenvalue weighted by atomic mass is 10.2. The van der Waals surface area contributed by atoms with Crippen molar-refractivity contribution in [1.29, 1.82) is 0 Å². The van der Waals surface area contributed by atoms with Crippen LogP contribution in [0.5, 0.6) is 11.5 Å². The Bertz CT molecular complexity index is 508. The first kappa shape index (κ1) is 13.3. The summed E-state index contributed by atoms with van der Waals surface area (Å²) in [6.45, 7) is 3.15.